The smallest absolute Gasteiger partial charge is 0.224 e. The van der Waals surface area contributed by atoms with Crippen molar-refractivity contribution in [3.8, 4) is 0 Å². The summed E-state index contributed by atoms with van der Waals surface area (Å²) in [5.41, 5.74) is 0.0990. The Bertz CT molecular complexity index is 565. The lowest BCUT2D eigenvalue weighted by molar-refractivity contribution is 0.615. The van der Waals surface area contributed by atoms with Crippen LogP contribution in [-0.4, -0.2) is 9.97 Å². The molecular weight excluding hydrogens is 315 g/mol. The van der Waals surface area contributed by atoms with Crippen LogP contribution in [0.25, 0.3) is 0 Å². The molecule has 0 aliphatic heterocycles. The molecule has 0 radical (unpaired) electrons. The summed E-state index contributed by atoms with van der Waals surface area (Å²) in [4.78, 5) is 7.08. The van der Waals surface area contributed by atoms with Gasteiger partial charge in [-0.25, -0.2) is 13.8 Å². The van der Waals surface area contributed by atoms with Crippen molar-refractivity contribution in [1.82, 2.24) is 9.97 Å². The predicted octanol–water partition coefficient (Wildman–Crippen LogP) is 3.91. The number of hydrogen-bond donors (Lipinski definition) is 1. The summed E-state index contributed by atoms with van der Waals surface area (Å²) in [6, 6.07) is 4.32. The zero-order valence-corrected chi connectivity index (χ0v) is 10.6. The molecule has 17 heavy (non-hydrogen) atoms. The molecule has 0 aliphatic rings. The molecule has 88 valence electrons. The molecule has 7 heteroatoms. The van der Waals surface area contributed by atoms with Gasteiger partial charge in [0.1, 0.15) is 5.82 Å². The zero-order chi connectivity index (χ0) is 12.4. The molecule has 1 N–H and O–H groups in total. The van der Waals surface area contributed by atoms with Crippen LogP contribution in [0.5, 0.6) is 0 Å². The average Bonchev–Trinajstić information content (AvgIpc) is 2.27. The molecule has 0 saturated heterocycles. The van der Waals surface area contributed by atoms with E-state index < -0.39 is 11.6 Å². The summed E-state index contributed by atoms with van der Waals surface area (Å²) in [6.07, 6.45) is 0.911. The van der Waals surface area contributed by atoms with Crippen LogP contribution < -0.4 is 5.32 Å². The minimum Gasteiger partial charge on any atom is -0.335 e. The van der Waals surface area contributed by atoms with Gasteiger partial charge in [-0.05, 0) is 29.8 Å². The van der Waals surface area contributed by atoms with E-state index in [1.165, 1.54) is 12.1 Å². The van der Waals surface area contributed by atoms with Crippen LogP contribution in [-0.2, 0) is 0 Å². The van der Waals surface area contributed by atoms with E-state index in [0.29, 0.717) is 4.47 Å². The second kappa shape index (κ2) is 4.93. The van der Waals surface area contributed by atoms with Crippen LogP contribution in [0.15, 0.2) is 28.9 Å². The Kier molecular flexibility index (Phi) is 3.54. The number of nitrogens with one attached hydrogen (secondary N) is 1. The van der Waals surface area contributed by atoms with Crippen LogP contribution in [0.3, 0.4) is 0 Å². The highest BCUT2D eigenvalue weighted by atomic mass is 79.9. The van der Waals surface area contributed by atoms with Crippen molar-refractivity contribution in [3.63, 3.8) is 0 Å². The lowest BCUT2D eigenvalue weighted by atomic mass is 10.3. The number of aromatic nitrogens is 2. The molecule has 0 unspecified atom stereocenters. The first-order chi connectivity index (χ1) is 8.06. The molecule has 1 aromatic carbocycles. The Morgan fingerprint density at radius 2 is 2.00 bits per heavy atom. The summed E-state index contributed by atoms with van der Waals surface area (Å²) in [5, 5.41) is 2.38. The number of benzene rings is 1. The van der Waals surface area contributed by atoms with Gasteiger partial charge in [-0.2, -0.15) is 4.98 Å². The van der Waals surface area contributed by atoms with E-state index in [0.717, 1.165) is 6.20 Å². The average molecular weight is 321 g/mol. The second-order valence-electron chi connectivity index (χ2n) is 3.08. The number of anilines is 2. The van der Waals surface area contributed by atoms with E-state index in [1.54, 1.807) is 6.07 Å². The Labute approximate surface area is 109 Å². The minimum atomic E-state index is -0.711. The lowest BCUT2D eigenvalue weighted by Gasteiger charge is -2.07. The SMILES string of the molecule is Fc1cc(Br)ccc1Nc1nc(Cl)ncc1F. The van der Waals surface area contributed by atoms with Gasteiger partial charge in [0.05, 0.1) is 11.9 Å². The highest BCUT2D eigenvalue weighted by Gasteiger charge is 2.09. The third kappa shape index (κ3) is 2.89. The Balaban J connectivity index is 2.34. The molecule has 0 bridgehead atoms. The number of hydrogen-bond acceptors (Lipinski definition) is 3. The fourth-order valence-electron chi connectivity index (χ4n) is 1.15. The molecule has 2 aromatic rings. The fraction of sp³-hybridized carbons (Fsp3) is 0. The van der Waals surface area contributed by atoms with Gasteiger partial charge >= 0.3 is 0 Å². The van der Waals surface area contributed by atoms with Crippen LogP contribution in [0, 0.1) is 11.6 Å². The molecule has 0 saturated carbocycles. The fourth-order valence-corrected chi connectivity index (χ4v) is 1.62. The Morgan fingerprint density at radius 1 is 1.24 bits per heavy atom. The first-order valence-corrected chi connectivity index (χ1v) is 5.63. The van der Waals surface area contributed by atoms with Gasteiger partial charge in [0.25, 0.3) is 0 Å². The van der Waals surface area contributed by atoms with Crippen molar-refractivity contribution in [2.24, 2.45) is 0 Å². The third-order valence-corrected chi connectivity index (χ3v) is 2.57. The minimum absolute atomic E-state index is 0.0990. The van der Waals surface area contributed by atoms with Crippen molar-refractivity contribution in [2.45, 2.75) is 0 Å². The largest absolute Gasteiger partial charge is 0.335 e. The molecule has 0 spiro atoms. The molecule has 0 fully saturated rings. The molecule has 0 atom stereocenters. The van der Waals surface area contributed by atoms with Crippen molar-refractivity contribution >= 4 is 39.0 Å². The van der Waals surface area contributed by atoms with Crippen LogP contribution in [0.2, 0.25) is 5.28 Å². The van der Waals surface area contributed by atoms with Gasteiger partial charge in [-0.1, -0.05) is 15.9 Å². The van der Waals surface area contributed by atoms with Crippen LogP contribution in [0.1, 0.15) is 0 Å². The van der Waals surface area contributed by atoms with Gasteiger partial charge in [0.2, 0.25) is 5.28 Å². The summed E-state index contributed by atoms with van der Waals surface area (Å²) in [5.74, 6) is -1.42. The lowest BCUT2D eigenvalue weighted by Crippen LogP contribution is -2.00. The molecule has 3 nitrogen and oxygen atoms in total. The van der Waals surface area contributed by atoms with Gasteiger partial charge in [0.15, 0.2) is 11.6 Å². The normalized spacial score (nSPS) is 10.4. The number of halogens is 4. The van der Waals surface area contributed by atoms with E-state index >= 15 is 0 Å². The monoisotopic (exact) mass is 319 g/mol. The van der Waals surface area contributed by atoms with E-state index in [9.17, 15) is 8.78 Å². The Hall–Kier alpha value is -1.27. The predicted molar refractivity (Wildman–Crippen MR) is 64.4 cm³/mol. The summed E-state index contributed by atoms with van der Waals surface area (Å²) in [6.45, 7) is 0. The number of nitrogens with zero attached hydrogens (tertiary/aromatic N) is 2. The zero-order valence-electron chi connectivity index (χ0n) is 8.22. The molecule has 1 heterocycles. The van der Waals surface area contributed by atoms with Gasteiger partial charge in [-0.15, -0.1) is 0 Å². The third-order valence-electron chi connectivity index (χ3n) is 1.90. The number of rotatable bonds is 2. The molecule has 1 aromatic heterocycles. The van der Waals surface area contributed by atoms with E-state index in [-0.39, 0.29) is 16.8 Å². The van der Waals surface area contributed by atoms with Gasteiger partial charge in [0, 0.05) is 4.47 Å². The Morgan fingerprint density at radius 3 is 2.71 bits per heavy atom. The van der Waals surface area contributed by atoms with E-state index in [2.05, 4.69) is 31.2 Å². The van der Waals surface area contributed by atoms with Crippen LogP contribution in [0.4, 0.5) is 20.3 Å². The van der Waals surface area contributed by atoms with Crippen molar-refractivity contribution in [2.75, 3.05) is 5.32 Å². The van der Waals surface area contributed by atoms with Gasteiger partial charge < -0.3 is 5.32 Å². The molecule has 0 amide bonds. The summed E-state index contributed by atoms with van der Waals surface area (Å²) in [7, 11) is 0. The van der Waals surface area contributed by atoms with E-state index in [4.69, 9.17) is 11.6 Å². The van der Waals surface area contributed by atoms with Crippen molar-refractivity contribution in [3.05, 3.63) is 45.8 Å². The quantitative estimate of drug-likeness (QED) is 0.852. The maximum absolute atomic E-state index is 13.5. The summed E-state index contributed by atoms with van der Waals surface area (Å²) >= 11 is 8.64. The highest BCUT2D eigenvalue weighted by molar-refractivity contribution is 9.10. The molecule has 0 aliphatic carbocycles. The molecule has 2 rings (SSSR count). The van der Waals surface area contributed by atoms with Crippen LogP contribution >= 0.6 is 27.5 Å². The summed E-state index contributed by atoms with van der Waals surface area (Å²) < 4.78 is 27.4. The first-order valence-electron chi connectivity index (χ1n) is 4.46. The maximum Gasteiger partial charge on any atom is 0.224 e. The van der Waals surface area contributed by atoms with Crippen molar-refractivity contribution < 1.29 is 8.78 Å². The second-order valence-corrected chi connectivity index (χ2v) is 4.34. The maximum atomic E-state index is 13.5. The van der Waals surface area contributed by atoms with Crippen molar-refractivity contribution in [1.29, 1.82) is 0 Å². The first kappa shape index (κ1) is 12.2. The molecular formula is C10H5BrClF2N3. The topological polar surface area (TPSA) is 37.8 Å². The van der Waals surface area contributed by atoms with Gasteiger partial charge in [-0.3, -0.25) is 0 Å². The highest BCUT2D eigenvalue weighted by Crippen LogP contribution is 2.23. The standard InChI is InChI=1S/C10H5BrClF2N3/c11-5-1-2-8(6(13)3-5)16-9-7(14)4-15-10(12)17-9/h1-4H,(H,15,16,17). The van der Waals surface area contributed by atoms with E-state index in [1.807, 2.05) is 0 Å².